The number of nitrogens with zero attached hydrogens (tertiary/aromatic N) is 1. The Morgan fingerprint density at radius 1 is 1.26 bits per heavy atom. The average Bonchev–Trinajstić information content (AvgIpc) is 2.80. The van der Waals surface area contributed by atoms with Gasteiger partial charge in [0.25, 0.3) is 5.91 Å². The second kappa shape index (κ2) is 5.57. The zero-order valence-corrected chi connectivity index (χ0v) is 11.1. The van der Waals surface area contributed by atoms with Crippen LogP contribution in [0.5, 0.6) is 0 Å². The third-order valence-corrected chi connectivity index (χ3v) is 2.99. The minimum atomic E-state index is -0.0337. The van der Waals surface area contributed by atoms with Gasteiger partial charge in [0.05, 0.1) is 0 Å². The molecule has 0 saturated heterocycles. The van der Waals surface area contributed by atoms with E-state index in [1.165, 1.54) is 5.56 Å². The lowest BCUT2D eigenvalue weighted by molar-refractivity contribution is 0.0786. The molecule has 2 rings (SSSR count). The molecule has 3 heteroatoms. The third-order valence-electron chi connectivity index (χ3n) is 2.99. The molecule has 1 aromatic carbocycles. The molecule has 0 unspecified atom stereocenters. The Hall–Kier alpha value is -2.29. The minimum Gasteiger partial charge on any atom is -0.351 e. The summed E-state index contributed by atoms with van der Waals surface area (Å²) in [4.78, 5) is 17.2. The van der Waals surface area contributed by atoms with Gasteiger partial charge in [0.1, 0.15) is 5.69 Å². The summed E-state index contributed by atoms with van der Waals surface area (Å²) in [7, 11) is 0. The maximum Gasteiger partial charge on any atom is 0.270 e. The van der Waals surface area contributed by atoms with Crippen LogP contribution in [0.25, 0.3) is 10.9 Å². The molecule has 3 nitrogen and oxygen atoms in total. The molecule has 98 valence electrons. The summed E-state index contributed by atoms with van der Waals surface area (Å²) in [5.41, 5.74) is 2.76. The summed E-state index contributed by atoms with van der Waals surface area (Å²) in [5, 5.41) is 1.05. The van der Waals surface area contributed by atoms with E-state index in [2.05, 4.69) is 18.1 Å². The van der Waals surface area contributed by atoms with Crippen LogP contribution in [0.3, 0.4) is 0 Å². The highest BCUT2D eigenvalue weighted by atomic mass is 16.2. The molecule has 0 aliphatic rings. The van der Waals surface area contributed by atoms with E-state index in [0.29, 0.717) is 18.8 Å². The van der Waals surface area contributed by atoms with Crippen molar-refractivity contribution in [2.24, 2.45) is 0 Å². The number of aryl methyl sites for hydroxylation is 1. The Morgan fingerprint density at radius 3 is 2.58 bits per heavy atom. The first kappa shape index (κ1) is 13.1. The molecule has 0 saturated carbocycles. The van der Waals surface area contributed by atoms with E-state index in [1.54, 1.807) is 17.1 Å². The van der Waals surface area contributed by atoms with Crippen molar-refractivity contribution in [3.63, 3.8) is 0 Å². The van der Waals surface area contributed by atoms with Gasteiger partial charge < -0.3 is 9.88 Å². The molecule has 1 N–H and O–H groups in total. The number of nitrogens with one attached hydrogen (secondary N) is 1. The van der Waals surface area contributed by atoms with Crippen molar-refractivity contribution in [3.8, 4) is 0 Å². The van der Waals surface area contributed by atoms with Crippen molar-refractivity contribution >= 4 is 16.8 Å². The lowest BCUT2D eigenvalue weighted by Crippen LogP contribution is -2.31. The molecular weight excluding hydrogens is 236 g/mol. The summed E-state index contributed by atoms with van der Waals surface area (Å²) in [6, 6.07) is 7.98. The fourth-order valence-electron chi connectivity index (χ4n) is 2.08. The van der Waals surface area contributed by atoms with E-state index < -0.39 is 0 Å². The van der Waals surface area contributed by atoms with Crippen LogP contribution in [0, 0.1) is 6.92 Å². The predicted molar refractivity (Wildman–Crippen MR) is 79.3 cm³/mol. The van der Waals surface area contributed by atoms with Gasteiger partial charge in [-0.05, 0) is 24.6 Å². The van der Waals surface area contributed by atoms with Crippen molar-refractivity contribution in [1.29, 1.82) is 0 Å². The monoisotopic (exact) mass is 254 g/mol. The van der Waals surface area contributed by atoms with Crippen molar-refractivity contribution in [3.05, 3.63) is 60.8 Å². The van der Waals surface area contributed by atoms with Crippen molar-refractivity contribution in [2.75, 3.05) is 13.1 Å². The molecule has 0 fully saturated rings. The topological polar surface area (TPSA) is 36.1 Å². The van der Waals surface area contributed by atoms with E-state index in [-0.39, 0.29) is 5.91 Å². The summed E-state index contributed by atoms with van der Waals surface area (Å²) in [6.07, 6.45) is 3.43. The van der Waals surface area contributed by atoms with Crippen molar-refractivity contribution in [2.45, 2.75) is 6.92 Å². The van der Waals surface area contributed by atoms with Crippen molar-refractivity contribution in [1.82, 2.24) is 9.88 Å². The zero-order chi connectivity index (χ0) is 13.8. The zero-order valence-electron chi connectivity index (χ0n) is 11.1. The number of aromatic amines is 1. The molecule has 0 aliphatic heterocycles. The van der Waals surface area contributed by atoms with Crippen LogP contribution in [0.2, 0.25) is 0 Å². The van der Waals surface area contributed by atoms with Gasteiger partial charge in [-0.15, -0.1) is 13.2 Å². The second-order valence-electron chi connectivity index (χ2n) is 4.56. The highest BCUT2D eigenvalue weighted by Crippen LogP contribution is 2.18. The van der Waals surface area contributed by atoms with Crippen LogP contribution in [0.15, 0.2) is 49.6 Å². The van der Waals surface area contributed by atoms with E-state index in [9.17, 15) is 4.79 Å². The van der Waals surface area contributed by atoms with E-state index in [0.717, 1.165) is 10.9 Å². The molecule has 0 bridgehead atoms. The number of hydrogen-bond acceptors (Lipinski definition) is 1. The number of aromatic nitrogens is 1. The van der Waals surface area contributed by atoms with Crippen LogP contribution in [-0.2, 0) is 0 Å². The van der Waals surface area contributed by atoms with Crippen LogP contribution in [-0.4, -0.2) is 28.9 Å². The fraction of sp³-hybridized carbons (Fsp3) is 0.188. The van der Waals surface area contributed by atoms with Crippen LogP contribution in [0.1, 0.15) is 16.1 Å². The Bertz CT molecular complexity index is 615. The maximum absolute atomic E-state index is 12.4. The summed E-state index contributed by atoms with van der Waals surface area (Å²) < 4.78 is 0. The first-order valence-corrected chi connectivity index (χ1v) is 6.26. The van der Waals surface area contributed by atoms with Crippen LogP contribution >= 0.6 is 0 Å². The van der Waals surface area contributed by atoms with E-state index in [1.807, 2.05) is 31.2 Å². The molecule has 0 atom stereocenters. The number of carbonyl (C=O) groups is 1. The van der Waals surface area contributed by atoms with Gasteiger partial charge in [0.2, 0.25) is 0 Å². The second-order valence-corrected chi connectivity index (χ2v) is 4.56. The Balaban J connectivity index is 2.34. The molecule has 1 aromatic heterocycles. The minimum absolute atomic E-state index is 0.0337. The summed E-state index contributed by atoms with van der Waals surface area (Å²) in [6.45, 7) is 10.4. The smallest absolute Gasteiger partial charge is 0.270 e. The summed E-state index contributed by atoms with van der Waals surface area (Å²) in [5.74, 6) is -0.0337. The molecule has 0 spiro atoms. The number of rotatable bonds is 5. The predicted octanol–water partition coefficient (Wildman–Crippen LogP) is 3.29. The molecule has 1 amide bonds. The molecular formula is C16H18N2O. The van der Waals surface area contributed by atoms with Gasteiger partial charge >= 0.3 is 0 Å². The quantitative estimate of drug-likeness (QED) is 0.817. The van der Waals surface area contributed by atoms with Gasteiger partial charge in [-0.3, -0.25) is 4.79 Å². The van der Waals surface area contributed by atoms with E-state index in [4.69, 9.17) is 0 Å². The molecule has 2 aromatic rings. The number of fused-ring (bicyclic) bond motifs is 1. The SMILES string of the molecule is C=CCN(CC=C)C(=O)c1cc2ccc(C)cc2[nH]1. The largest absolute Gasteiger partial charge is 0.351 e. The van der Waals surface area contributed by atoms with Gasteiger partial charge in [-0.25, -0.2) is 0 Å². The van der Waals surface area contributed by atoms with E-state index >= 15 is 0 Å². The maximum atomic E-state index is 12.4. The summed E-state index contributed by atoms with van der Waals surface area (Å²) >= 11 is 0. The third kappa shape index (κ3) is 2.76. The van der Waals surface area contributed by atoms with Gasteiger partial charge in [0.15, 0.2) is 0 Å². The highest BCUT2D eigenvalue weighted by Gasteiger charge is 2.15. The molecule has 19 heavy (non-hydrogen) atoms. The van der Waals surface area contributed by atoms with Crippen LogP contribution < -0.4 is 0 Å². The fourth-order valence-corrected chi connectivity index (χ4v) is 2.08. The standard InChI is InChI=1S/C16H18N2O/c1-4-8-18(9-5-2)16(19)15-11-13-7-6-12(3)10-14(13)17-15/h4-7,10-11,17H,1-2,8-9H2,3H3. The first-order valence-electron chi connectivity index (χ1n) is 6.26. The number of carbonyl (C=O) groups excluding carboxylic acids is 1. The van der Waals surface area contributed by atoms with Gasteiger partial charge in [-0.2, -0.15) is 0 Å². The van der Waals surface area contributed by atoms with Gasteiger partial charge in [0, 0.05) is 24.0 Å². The number of benzene rings is 1. The van der Waals surface area contributed by atoms with Crippen LogP contribution in [0.4, 0.5) is 0 Å². The Labute approximate surface area is 113 Å². The molecule has 0 aliphatic carbocycles. The normalized spacial score (nSPS) is 10.4. The number of H-pyrrole nitrogens is 1. The molecule has 0 radical (unpaired) electrons. The molecule has 1 heterocycles. The average molecular weight is 254 g/mol. The number of hydrogen-bond donors (Lipinski definition) is 1. The Kier molecular flexibility index (Phi) is 3.85. The lowest BCUT2D eigenvalue weighted by Gasteiger charge is -2.18. The first-order chi connectivity index (χ1) is 9.15. The number of amides is 1. The van der Waals surface area contributed by atoms with Gasteiger partial charge in [-0.1, -0.05) is 24.3 Å². The highest BCUT2D eigenvalue weighted by molar-refractivity contribution is 5.98. The van der Waals surface area contributed by atoms with Crippen molar-refractivity contribution < 1.29 is 4.79 Å². The Morgan fingerprint density at radius 2 is 1.95 bits per heavy atom. The lowest BCUT2D eigenvalue weighted by atomic mass is 10.2.